The first-order valence-corrected chi connectivity index (χ1v) is 7.83. The van der Waals surface area contributed by atoms with Gasteiger partial charge in [-0.1, -0.05) is 30.1 Å². The van der Waals surface area contributed by atoms with E-state index in [9.17, 15) is 4.79 Å². The fourth-order valence-corrected chi connectivity index (χ4v) is 2.12. The van der Waals surface area contributed by atoms with Crippen LogP contribution in [0.2, 0.25) is 10.0 Å². The summed E-state index contributed by atoms with van der Waals surface area (Å²) >= 11 is 12.2. The fourth-order valence-electron chi connectivity index (χ4n) is 1.63. The Morgan fingerprint density at radius 2 is 1.81 bits per heavy atom. The van der Waals surface area contributed by atoms with E-state index in [2.05, 4.69) is 22.5 Å². The van der Waals surface area contributed by atoms with Gasteiger partial charge in [0.2, 0.25) is 0 Å². The molecular weight excluding hydrogens is 313 g/mol. The highest BCUT2D eigenvalue weighted by atomic mass is 35.5. The van der Waals surface area contributed by atoms with Gasteiger partial charge in [0.25, 0.3) is 0 Å². The Morgan fingerprint density at radius 1 is 1.19 bits per heavy atom. The summed E-state index contributed by atoms with van der Waals surface area (Å²) in [6.07, 6.45) is 1.99. The van der Waals surface area contributed by atoms with Crippen molar-refractivity contribution in [1.29, 1.82) is 0 Å². The average molecular weight is 334 g/mol. The van der Waals surface area contributed by atoms with Crippen LogP contribution < -0.4 is 10.6 Å². The zero-order valence-corrected chi connectivity index (χ0v) is 13.9. The molecule has 0 amide bonds. The maximum Gasteiger partial charge on any atom is 0.305 e. The summed E-state index contributed by atoms with van der Waals surface area (Å²) in [7, 11) is 0. The lowest BCUT2D eigenvalue weighted by atomic mass is 10.3. The normalized spacial score (nSPS) is 10.3. The highest BCUT2D eigenvalue weighted by Gasteiger charge is 2.09. The molecule has 0 bridgehead atoms. The second kappa shape index (κ2) is 9.68. The van der Waals surface area contributed by atoms with Crippen LogP contribution in [-0.4, -0.2) is 30.6 Å². The summed E-state index contributed by atoms with van der Waals surface area (Å²) in [5, 5.41) is 7.19. The molecule has 0 fully saturated rings. The molecule has 21 heavy (non-hydrogen) atoms. The second-order valence-corrected chi connectivity index (χ2v) is 5.23. The van der Waals surface area contributed by atoms with Crippen LogP contribution in [0.5, 0.6) is 0 Å². The molecule has 118 valence electrons. The number of aromatic nitrogens is 1. The monoisotopic (exact) mass is 333 g/mol. The molecule has 0 unspecified atom stereocenters. The first-order valence-electron chi connectivity index (χ1n) is 7.07. The lowest BCUT2D eigenvalue weighted by Gasteiger charge is -2.12. The average Bonchev–Trinajstić information content (AvgIpc) is 2.44. The van der Waals surface area contributed by atoms with E-state index >= 15 is 0 Å². The largest absolute Gasteiger partial charge is 0.466 e. The molecule has 0 aliphatic carbocycles. The minimum absolute atomic E-state index is 0.195. The fraction of sp³-hybridized carbons (Fsp3) is 0.571. The highest BCUT2D eigenvalue weighted by molar-refractivity contribution is 6.37. The third-order valence-electron chi connectivity index (χ3n) is 2.63. The smallest absolute Gasteiger partial charge is 0.305 e. The van der Waals surface area contributed by atoms with Gasteiger partial charge >= 0.3 is 5.97 Å². The number of hydrogen-bond acceptors (Lipinski definition) is 5. The minimum Gasteiger partial charge on any atom is -0.466 e. The number of hydrogen-bond donors (Lipinski definition) is 2. The van der Waals surface area contributed by atoms with Crippen LogP contribution in [0, 0.1) is 0 Å². The van der Waals surface area contributed by atoms with E-state index in [-0.39, 0.29) is 5.97 Å². The molecule has 0 aliphatic heterocycles. The molecule has 0 aliphatic rings. The van der Waals surface area contributed by atoms with E-state index < -0.39 is 0 Å². The molecule has 1 aromatic heterocycles. The Kier molecular flexibility index (Phi) is 8.23. The van der Waals surface area contributed by atoms with Crippen LogP contribution >= 0.6 is 23.2 Å². The van der Waals surface area contributed by atoms with Crippen LogP contribution in [0.25, 0.3) is 0 Å². The van der Waals surface area contributed by atoms with Crippen LogP contribution in [0.15, 0.2) is 6.07 Å². The van der Waals surface area contributed by atoms with E-state index in [0.717, 1.165) is 13.0 Å². The maximum absolute atomic E-state index is 11.2. The third kappa shape index (κ3) is 6.40. The molecule has 7 heteroatoms. The SMILES string of the molecule is CCCNc1nc(NCCCC(=O)OCC)c(Cl)cc1Cl. The van der Waals surface area contributed by atoms with E-state index in [1.165, 1.54) is 0 Å². The summed E-state index contributed by atoms with van der Waals surface area (Å²) in [6.45, 7) is 5.63. The summed E-state index contributed by atoms with van der Waals surface area (Å²) < 4.78 is 4.86. The standard InChI is InChI=1S/C14H21Cl2N3O2/c1-3-7-17-13-10(15)9-11(16)14(19-13)18-8-5-6-12(20)21-4-2/h9H,3-8H2,1-2H3,(H2,17,18,19). The second-order valence-electron chi connectivity index (χ2n) is 4.41. The van der Waals surface area contributed by atoms with Crippen LogP contribution in [0.1, 0.15) is 33.1 Å². The van der Waals surface area contributed by atoms with Gasteiger partial charge in [-0.3, -0.25) is 4.79 Å². The number of rotatable bonds is 9. The van der Waals surface area contributed by atoms with Crippen LogP contribution in [0.3, 0.4) is 0 Å². The van der Waals surface area contributed by atoms with Crippen molar-refractivity contribution in [2.75, 3.05) is 30.3 Å². The summed E-state index contributed by atoms with van der Waals surface area (Å²) in [4.78, 5) is 15.6. The van der Waals surface area contributed by atoms with Crippen molar-refractivity contribution in [2.24, 2.45) is 0 Å². The molecule has 1 heterocycles. The third-order valence-corrected chi connectivity index (χ3v) is 3.20. The number of pyridine rings is 1. The van der Waals surface area contributed by atoms with Crippen LogP contribution in [-0.2, 0) is 9.53 Å². The number of carbonyl (C=O) groups is 1. The number of esters is 1. The molecule has 0 radical (unpaired) electrons. The Hall–Kier alpha value is -1.20. The van der Waals surface area contributed by atoms with Crippen molar-refractivity contribution in [3.8, 4) is 0 Å². The maximum atomic E-state index is 11.2. The number of carbonyl (C=O) groups excluding carboxylic acids is 1. The first kappa shape index (κ1) is 17.9. The molecule has 0 atom stereocenters. The van der Waals surface area contributed by atoms with Crippen molar-refractivity contribution >= 4 is 40.8 Å². The first-order chi connectivity index (χ1) is 10.1. The molecule has 5 nitrogen and oxygen atoms in total. The van der Waals surface area contributed by atoms with Gasteiger partial charge in [0.1, 0.15) is 11.6 Å². The number of ether oxygens (including phenoxy) is 1. The lowest BCUT2D eigenvalue weighted by molar-refractivity contribution is -0.143. The molecule has 2 N–H and O–H groups in total. The van der Waals surface area contributed by atoms with E-state index in [1.54, 1.807) is 13.0 Å². The molecule has 0 saturated heterocycles. The summed E-state index contributed by atoms with van der Waals surface area (Å²) in [5.41, 5.74) is 0. The number of anilines is 2. The van der Waals surface area contributed by atoms with E-state index in [0.29, 0.717) is 47.7 Å². The van der Waals surface area contributed by atoms with Gasteiger partial charge in [-0.25, -0.2) is 4.98 Å². The van der Waals surface area contributed by atoms with Gasteiger partial charge in [0.05, 0.1) is 16.7 Å². The van der Waals surface area contributed by atoms with E-state index in [4.69, 9.17) is 27.9 Å². The molecule has 0 aromatic carbocycles. The van der Waals surface area contributed by atoms with Gasteiger partial charge in [0.15, 0.2) is 0 Å². The zero-order valence-electron chi connectivity index (χ0n) is 12.3. The Labute approximate surface area is 135 Å². The predicted molar refractivity (Wildman–Crippen MR) is 87.4 cm³/mol. The molecule has 1 aromatic rings. The molecule has 0 saturated carbocycles. The topological polar surface area (TPSA) is 63.2 Å². The van der Waals surface area contributed by atoms with Gasteiger partial charge in [0, 0.05) is 19.5 Å². The Morgan fingerprint density at radius 3 is 2.38 bits per heavy atom. The predicted octanol–water partition coefficient (Wildman–Crippen LogP) is 3.97. The Bertz CT molecular complexity index is 470. The van der Waals surface area contributed by atoms with E-state index in [1.807, 2.05) is 0 Å². The minimum atomic E-state index is -0.195. The zero-order chi connectivity index (χ0) is 15.7. The van der Waals surface area contributed by atoms with Gasteiger partial charge in [-0.2, -0.15) is 0 Å². The van der Waals surface area contributed by atoms with Crippen molar-refractivity contribution in [1.82, 2.24) is 4.98 Å². The summed E-state index contributed by atoms with van der Waals surface area (Å²) in [6, 6.07) is 1.65. The van der Waals surface area contributed by atoms with Gasteiger partial charge in [-0.15, -0.1) is 0 Å². The number of halogens is 2. The van der Waals surface area contributed by atoms with Gasteiger partial charge < -0.3 is 15.4 Å². The number of nitrogens with one attached hydrogen (secondary N) is 2. The van der Waals surface area contributed by atoms with Crippen molar-refractivity contribution < 1.29 is 9.53 Å². The van der Waals surface area contributed by atoms with Crippen molar-refractivity contribution in [2.45, 2.75) is 33.1 Å². The van der Waals surface area contributed by atoms with Crippen molar-refractivity contribution in [3.63, 3.8) is 0 Å². The van der Waals surface area contributed by atoms with Crippen LogP contribution in [0.4, 0.5) is 11.6 Å². The highest BCUT2D eigenvalue weighted by Crippen LogP contribution is 2.29. The molecule has 0 spiro atoms. The molecule has 1 rings (SSSR count). The quantitative estimate of drug-likeness (QED) is 0.529. The van der Waals surface area contributed by atoms with Crippen molar-refractivity contribution in [3.05, 3.63) is 16.1 Å². The Balaban J connectivity index is 2.52. The summed E-state index contributed by atoms with van der Waals surface area (Å²) in [5.74, 6) is 0.971. The van der Waals surface area contributed by atoms with Gasteiger partial charge in [-0.05, 0) is 25.8 Å². The molecular formula is C14H21Cl2N3O2. The lowest BCUT2D eigenvalue weighted by Crippen LogP contribution is -2.10. The number of nitrogens with zero attached hydrogens (tertiary/aromatic N) is 1.